The fraction of sp³-hybridized carbons (Fsp3) is 1.00. The summed E-state index contributed by atoms with van der Waals surface area (Å²) in [5, 5.41) is 8.99. The smallest absolute Gasteiger partial charge is 0.0445 e. The van der Waals surface area contributed by atoms with Crippen molar-refractivity contribution in [1.29, 1.82) is 0 Å². The SMILES string of the molecule is CC(C)N1C[C@@H](CN)CC[C@H]1CCO. The molecule has 1 fully saturated rings. The van der Waals surface area contributed by atoms with Crippen LogP contribution in [0, 0.1) is 5.92 Å². The molecule has 0 radical (unpaired) electrons. The van der Waals surface area contributed by atoms with Crippen molar-refractivity contribution >= 4 is 0 Å². The van der Waals surface area contributed by atoms with E-state index in [4.69, 9.17) is 10.8 Å². The zero-order valence-corrected chi connectivity index (χ0v) is 9.45. The van der Waals surface area contributed by atoms with Crippen molar-refractivity contribution in [1.82, 2.24) is 4.90 Å². The quantitative estimate of drug-likeness (QED) is 0.706. The van der Waals surface area contributed by atoms with E-state index in [9.17, 15) is 0 Å². The number of piperidine rings is 1. The topological polar surface area (TPSA) is 49.5 Å². The molecule has 1 rings (SSSR count). The van der Waals surface area contributed by atoms with Gasteiger partial charge in [0.25, 0.3) is 0 Å². The second kappa shape index (κ2) is 5.69. The van der Waals surface area contributed by atoms with Crippen molar-refractivity contribution in [2.24, 2.45) is 11.7 Å². The molecule has 84 valence electrons. The number of rotatable bonds is 4. The Hall–Kier alpha value is -0.120. The average molecular weight is 200 g/mol. The molecule has 0 aromatic rings. The molecule has 0 amide bonds. The third-order valence-corrected chi connectivity index (χ3v) is 3.31. The summed E-state index contributed by atoms with van der Waals surface area (Å²) in [5.41, 5.74) is 5.71. The minimum atomic E-state index is 0.307. The van der Waals surface area contributed by atoms with Crippen LogP contribution in [0.15, 0.2) is 0 Å². The highest BCUT2D eigenvalue weighted by Crippen LogP contribution is 2.25. The van der Waals surface area contributed by atoms with Gasteiger partial charge in [-0.1, -0.05) is 0 Å². The fourth-order valence-electron chi connectivity index (χ4n) is 2.42. The van der Waals surface area contributed by atoms with E-state index in [0.29, 0.717) is 24.6 Å². The van der Waals surface area contributed by atoms with Crippen molar-refractivity contribution in [3.8, 4) is 0 Å². The first-order valence-electron chi connectivity index (χ1n) is 5.75. The molecule has 3 N–H and O–H groups in total. The maximum atomic E-state index is 8.99. The van der Waals surface area contributed by atoms with E-state index in [-0.39, 0.29) is 0 Å². The van der Waals surface area contributed by atoms with Crippen molar-refractivity contribution < 1.29 is 5.11 Å². The van der Waals surface area contributed by atoms with Gasteiger partial charge in [-0.15, -0.1) is 0 Å². The van der Waals surface area contributed by atoms with Gasteiger partial charge in [-0.25, -0.2) is 0 Å². The van der Waals surface area contributed by atoms with Crippen LogP contribution in [0.5, 0.6) is 0 Å². The summed E-state index contributed by atoms with van der Waals surface area (Å²) in [6.45, 7) is 6.67. The Morgan fingerprint density at radius 2 is 2.14 bits per heavy atom. The number of aliphatic hydroxyl groups excluding tert-OH is 1. The van der Waals surface area contributed by atoms with Gasteiger partial charge in [-0.05, 0) is 45.6 Å². The van der Waals surface area contributed by atoms with Crippen molar-refractivity contribution in [3.63, 3.8) is 0 Å². The summed E-state index contributed by atoms with van der Waals surface area (Å²) in [6.07, 6.45) is 3.33. The first-order valence-corrected chi connectivity index (χ1v) is 5.75. The van der Waals surface area contributed by atoms with E-state index in [1.807, 2.05) is 0 Å². The molecule has 0 bridgehead atoms. The summed E-state index contributed by atoms with van der Waals surface area (Å²) < 4.78 is 0. The Balaban J connectivity index is 2.51. The van der Waals surface area contributed by atoms with Gasteiger partial charge in [-0.3, -0.25) is 4.90 Å². The molecule has 1 aliphatic rings. The molecule has 1 heterocycles. The fourth-order valence-corrected chi connectivity index (χ4v) is 2.42. The average Bonchev–Trinajstić information content (AvgIpc) is 2.18. The van der Waals surface area contributed by atoms with Gasteiger partial charge in [-0.2, -0.15) is 0 Å². The molecule has 0 saturated carbocycles. The third-order valence-electron chi connectivity index (χ3n) is 3.31. The summed E-state index contributed by atoms with van der Waals surface area (Å²) in [6, 6.07) is 1.14. The standard InChI is InChI=1S/C11H24N2O/c1-9(2)13-8-10(7-12)3-4-11(13)5-6-14/h9-11,14H,3-8,12H2,1-2H3/t10-,11+/m1/s1. The van der Waals surface area contributed by atoms with E-state index in [1.54, 1.807) is 0 Å². The minimum absolute atomic E-state index is 0.307. The molecular formula is C11H24N2O. The Morgan fingerprint density at radius 1 is 1.43 bits per heavy atom. The molecule has 0 spiro atoms. The zero-order chi connectivity index (χ0) is 10.6. The molecule has 14 heavy (non-hydrogen) atoms. The zero-order valence-electron chi connectivity index (χ0n) is 9.45. The summed E-state index contributed by atoms with van der Waals surface area (Å²) >= 11 is 0. The Bertz CT molecular complexity index is 161. The minimum Gasteiger partial charge on any atom is -0.396 e. The van der Waals surface area contributed by atoms with Gasteiger partial charge >= 0.3 is 0 Å². The molecule has 3 heteroatoms. The van der Waals surface area contributed by atoms with Crippen LogP contribution in [0.2, 0.25) is 0 Å². The van der Waals surface area contributed by atoms with Crippen LogP contribution in [-0.4, -0.2) is 41.8 Å². The lowest BCUT2D eigenvalue weighted by atomic mass is 9.90. The summed E-state index contributed by atoms with van der Waals surface area (Å²) in [4.78, 5) is 2.50. The molecule has 0 aromatic carbocycles. The second-order valence-corrected chi connectivity index (χ2v) is 4.64. The summed E-state index contributed by atoms with van der Waals surface area (Å²) in [5.74, 6) is 0.660. The van der Waals surface area contributed by atoms with Gasteiger partial charge in [0.1, 0.15) is 0 Å². The molecule has 1 saturated heterocycles. The number of nitrogens with zero attached hydrogens (tertiary/aromatic N) is 1. The monoisotopic (exact) mass is 200 g/mol. The molecule has 0 aromatic heterocycles. The first kappa shape index (κ1) is 12.0. The molecule has 2 atom stereocenters. The second-order valence-electron chi connectivity index (χ2n) is 4.64. The molecule has 3 nitrogen and oxygen atoms in total. The maximum Gasteiger partial charge on any atom is 0.0445 e. The van der Waals surface area contributed by atoms with Gasteiger partial charge in [0, 0.05) is 25.2 Å². The van der Waals surface area contributed by atoms with Crippen LogP contribution in [0.1, 0.15) is 33.1 Å². The van der Waals surface area contributed by atoms with Crippen molar-refractivity contribution in [2.45, 2.75) is 45.2 Å². The third kappa shape index (κ3) is 2.94. The Labute approximate surface area is 87.3 Å². The van der Waals surface area contributed by atoms with Gasteiger partial charge in [0.2, 0.25) is 0 Å². The lowest BCUT2D eigenvalue weighted by molar-refractivity contribution is 0.0625. The molecule has 0 aliphatic carbocycles. The number of nitrogens with two attached hydrogens (primary N) is 1. The van der Waals surface area contributed by atoms with Crippen LogP contribution >= 0.6 is 0 Å². The maximum absolute atomic E-state index is 8.99. The van der Waals surface area contributed by atoms with Crippen molar-refractivity contribution in [2.75, 3.05) is 19.7 Å². The number of aliphatic hydroxyl groups is 1. The van der Waals surface area contributed by atoms with E-state index >= 15 is 0 Å². The van der Waals surface area contributed by atoms with Gasteiger partial charge in [0.05, 0.1) is 0 Å². The van der Waals surface area contributed by atoms with E-state index in [1.165, 1.54) is 12.8 Å². The Morgan fingerprint density at radius 3 is 2.64 bits per heavy atom. The molecule has 0 unspecified atom stereocenters. The molecular weight excluding hydrogens is 176 g/mol. The first-order chi connectivity index (χ1) is 6.69. The Kier molecular flexibility index (Phi) is 4.85. The van der Waals surface area contributed by atoms with Gasteiger partial charge in [0.15, 0.2) is 0 Å². The lowest BCUT2D eigenvalue weighted by Gasteiger charge is -2.41. The number of hydrogen-bond acceptors (Lipinski definition) is 3. The molecule has 1 aliphatic heterocycles. The van der Waals surface area contributed by atoms with Crippen LogP contribution in [-0.2, 0) is 0 Å². The van der Waals surface area contributed by atoms with Crippen LogP contribution in [0.4, 0.5) is 0 Å². The highest BCUT2D eigenvalue weighted by Gasteiger charge is 2.28. The predicted octanol–water partition coefficient (Wildman–Crippen LogP) is 0.817. The summed E-state index contributed by atoms with van der Waals surface area (Å²) in [7, 11) is 0. The highest BCUT2D eigenvalue weighted by molar-refractivity contribution is 4.83. The van der Waals surface area contributed by atoms with Gasteiger partial charge < -0.3 is 10.8 Å². The van der Waals surface area contributed by atoms with Crippen LogP contribution in [0.3, 0.4) is 0 Å². The van der Waals surface area contributed by atoms with E-state index in [0.717, 1.165) is 19.5 Å². The van der Waals surface area contributed by atoms with Crippen molar-refractivity contribution in [3.05, 3.63) is 0 Å². The van der Waals surface area contributed by atoms with E-state index < -0.39 is 0 Å². The number of likely N-dealkylation sites (tertiary alicyclic amines) is 1. The van der Waals surface area contributed by atoms with Crippen LogP contribution in [0.25, 0.3) is 0 Å². The normalized spacial score (nSPS) is 29.8. The predicted molar refractivity (Wildman–Crippen MR) is 59.1 cm³/mol. The lowest BCUT2D eigenvalue weighted by Crippen LogP contribution is -2.48. The number of hydrogen-bond donors (Lipinski definition) is 2. The van der Waals surface area contributed by atoms with Crippen LogP contribution < -0.4 is 5.73 Å². The largest absolute Gasteiger partial charge is 0.396 e. The highest BCUT2D eigenvalue weighted by atomic mass is 16.3. The van der Waals surface area contributed by atoms with E-state index in [2.05, 4.69) is 18.7 Å².